The molecule has 1 saturated heterocycles. The minimum atomic E-state index is -0.617. The second kappa shape index (κ2) is 8.40. The van der Waals surface area contributed by atoms with Crippen LogP contribution in [0.1, 0.15) is 12.8 Å². The topological polar surface area (TPSA) is 128 Å². The Kier molecular flexibility index (Phi) is 5.29. The van der Waals surface area contributed by atoms with E-state index in [9.17, 15) is 14.0 Å². The van der Waals surface area contributed by atoms with Crippen LogP contribution in [0.5, 0.6) is 5.75 Å². The third-order valence-electron chi connectivity index (χ3n) is 6.87. The molecule has 36 heavy (non-hydrogen) atoms. The number of nitrogens with zero attached hydrogens (tertiary/aromatic N) is 5. The maximum absolute atomic E-state index is 14.4. The average molecular weight is 554 g/mol. The first kappa shape index (κ1) is 22.7. The third kappa shape index (κ3) is 3.63. The van der Waals surface area contributed by atoms with E-state index in [1.54, 1.807) is 27.7 Å². The van der Waals surface area contributed by atoms with Gasteiger partial charge >= 0.3 is 0 Å². The lowest BCUT2D eigenvalue weighted by molar-refractivity contribution is -0.138. The zero-order valence-electron chi connectivity index (χ0n) is 19.1. The van der Waals surface area contributed by atoms with E-state index in [0.29, 0.717) is 44.7 Å². The number of carbonyl (C=O) groups excluding carboxylic acids is 2. The predicted molar refractivity (Wildman–Crippen MR) is 134 cm³/mol. The standard InChI is InChI=1S/C24H21BrFN7O3/c1-36-16-8-12(26)7-13-20-22(27)28-10-29-23(20)32(21(13)16)9-19(34)33-14-5-11(14)6-15(33)24(35)31-18-4-2-3-17(25)30-18/h2-4,7-8,10-11,14-15H,5-6,9H2,1H3,(H2,27,28,29)(H,30,31,35)/t11-,14?,15+/m1/s1. The number of pyridine rings is 1. The number of benzene rings is 1. The van der Waals surface area contributed by atoms with Gasteiger partial charge < -0.3 is 25.3 Å². The van der Waals surface area contributed by atoms with Crippen LogP contribution in [0.4, 0.5) is 16.0 Å². The third-order valence-corrected chi connectivity index (χ3v) is 7.31. The number of likely N-dealkylation sites (tertiary alicyclic amines) is 1. The van der Waals surface area contributed by atoms with Gasteiger partial charge in [0, 0.05) is 17.5 Å². The minimum absolute atomic E-state index is 0.0100. The van der Waals surface area contributed by atoms with Gasteiger partial charge in [0.2, 0.25) is 11.8 Å². The summed E-state index contributed by atoms with van der Waals surface area (Å²) in [6.45, 7) is -0.124. The zero-order valence-corrected chi connectivity index (χ0v) is 20.7. The van der Waals surface area contributed by atoms with E-state index in [0.717, 1.165) is 6.42 Å². The van der Waals surface area contributed by atoms with Crippen LogP contribution in [0.2, 0.25) is 0 Å². The lowest BCUT2D eigenvalue weighted by Gasteiger charge is -2.27. The molecule has 0 spiro atoms. The summed E-state index contributed by atoms with van der Waals surface area (Å²) >= 11 is 3.30. The van der Waals surface area contributed by atoms with E-state index in [1.165, 1.54) is 25.6 Å². The van der Waals surface area contributed by atoms with E-state index < -0.39 is 11.9 Å². The minimum Gasteiger partial charge on any atom is -0.494 e. The average Bonchev–Trinajstić information content (AvgIpc) is 3.39. The fourth-order valence-corrected chi connectivity index (χ4v) is 5.61. The molecule has 1 aliphatic heterocycles. The molecule has 2 amide bonds. The number of hydrogen-bond donors (Lipinski definition) is 2. The molecule has 0 bridgehead atoms. The van der Waals surface area contributed by atoms with Gasteiger partial charge in [-0.05, 0) is 52.9 Å². The molecule has 3 N–H and O–H groups in total. The first-order valence-electron chi connectivity index (χ1n) is 11.4. The molecule has 1 aromatic carbocycles. The van der Waals surface area contributed by atoms with Gasteiger partial charge in [-0.25, -0.2) is 19.3 Å². The van der Waals surface area contributed by atoms with Gasteiger partial charge in [0.1, 0.15) is 52.4 Å². The van der Waals surface area contributed by atoms with E-state index in [2.05, 4.69) is 36.2 Å². The largest absolute Gasteiger partial charge is 0.494 e. The number of rotatable bonds is 5. The second-order valence-electron chi connectivity index (χ2n) is 9.00. The number of halogens is 2. The van der Waals surface area contributed by atoms with Crippen LogP contribution in [0.25, 0.3) is 21.9 Å². The van der Waals surface area contributed by atoms with Crippen molar-refractivity contribution in [2.45, 2.75) is 31.5 Å². The maximum atomic E-state index is 14.4. The van der Waals surface area contributed by atoms with E-state index >= 15 is 0 Å². The fourth-order valence-electron chi connectivity index (χ4n) is 5.26. The molecule has 2 aliphatic rings. The molecule has 1 unspecified atom stereocenters. The van der Waals surface area contributed by atoms with Crippen LogP contribution in [-0.4, -0.2) is 55.4 Å². The van der Waals surface area contributed by atoms with Crippen molar-refractivity contribution in [2.75, 3.05) is 18.2 Å². The molecule has 10 nitrogen and oxygen atoms in total. The van der Waals surface area contributed by atoms with Crippen molar-refractivity contribution in [1.82, 2.24) is 24.4 Å². The number of methoxy groups -OCH3 is 1. The summed E-state index contributed by atoms with van der Waals surface area (Å²) in [6, 6.07) is 7.20. The number of nitrogens with one attached hydrogen (secondary N) is 1. The molecule has 3 aromatic heterocycles. The lowest BCUT2D eigenvalue weighted by Crippen LogP contribution is -2.46. The SMILES string of the molecule is COc1cc(F)cc2c3c(N)ncnc3n(CC(=O)N3C4C[C@@H]4C[C@H]3C(=O)Nc3cccc(Br)n3)c12. The van der Waals surface area contributed by atoms with Crippen molar-refractivity contribution in [2.24, 2.45) is 5.92 Å². The van der Waals surface area contributed by atoms with Gasteiger partial charge in [0.05, 0.1) is 18.0 Å². The number of hydrogen-bond acceptors (Lipinski definition) is 7. The Morgan fingerprint density at radius 2 is 2.11 bits per heavy atom. The highest BCUT2D eigenvalue weighted by Crippen LogP contribution is 2.48. The van der Waals surface area contributed by atoms with Gasteiger partial charge in [0.25, 0.3) is 0 Å². The maximum Gasteiger partial charge on any atom is 0.248 e. The summed E-state index contributed by atoms with van der Waals surface area (Å²) in [7, 11) is 1.43. The lowest BCUT2D eigenvalue weighted by atomic mass is 10.1. The van der Waals surface area contributed by atoms with E-state index in [1.807, 2.05) is 0 Å². The molecule has 2 fully saturated rings. The molecule has 1 aliphatic carbocycles. The summed E-state index contributed by atoms with van der Waals surface area (Å²) in [5.74, 6) is 0.0798. The van der Waals surface area contributed by atoms with Crippen molar-refractivity contribution >= 4 is 61.3 Å². The summed E-state index contributed by atoms with van der Waals surface area (Å²) in [4.78, 5) is 41.2. The van der Waals surface area contributed by atoms with Gasteiger partial charge in [0.15, 0.2) is 0 Å². The molecular formula is C24H21BrFN7O3. The van der Waals surface area contributed by atoms with Crippen molar-refractivity contribution in [3.8, 4) is 5.75 Å². The Hall–Kier alpha value is -3.80. The van der Waals surface area contributed by atoms with Gasteiger partial charge in [-0.15, -0.1) is 0 Å². The normalized spacial score (nSPS) is 20.5. The first-order chi connectivity index (χ1) is 17.4. The van der Waals surface area contributed by atoms with Crippen molar-refractivity contribution in [3.63, 3.8) is 0 Å². The fraction of sp³-hybridized carbons (Fsp3) is 0.292. The quantitative estimate of drug-likeness (QED) is 0.363. The highest BCUT2D eigenvalue weighted by Gasteiger charge is 2.56. The highest BCUT2D eigenvalue weighted by molar-refractivity contribution is 9.10. The Morgan fingerprint density at radius 1 is 1.28 bits per heavy atom. The van der Waals surface area contributed by atoms with E-state index in [-0.39, 0.29) is 36.0 Å². The molecule has 1 saturated carbocycles. The van der Waals surface area contributed by atoms with Crippen LogP contribution in [0.3, 0.4) is 0 Å². The molecule has 4 aromatic rings. The Balaban J connectivity index is 1.36. The number of anilines is 2. The van der Waals surface area contributed by atoms with Crippen LogP contribution in [0, 0.1) is 11.7 Å². The molecule has 12 heteroatoms. The second-order valence-corrected chi connectivity index (χ2v) is 9.81. The van der Waals surface area contributed by atoms with Crippen LogP contribution in [0.15, 0.2) is 41.3 Å². The number of aromatic nitrogens is 4. The van der Waals surface area contributed by atoms with Gasteiger partial charge in [-0.1, -0.05) is 6.07 Å². The first-order valence-corrected chi connectivity index (χ1v) is 12.2. The molecule has 6 rings (SSSR count). The summed E-state index contributed by atoms with van der Waals surface area (Å²) in [6.07, 6.45) is 2.75. The summed E-state index contributed by atoms with van der Waals surface area (Å²) in [5.41, 5.74) is 7.00. The van der Waals surface area contributed by atoms with Crippen molar-refractivity contribution in [3.05, 3.63) is 47.1 Å². The predicted octanol–water partition coefficient (Wildman–Crippen LogP) is 3.10. The molecule has 3 atom stereocenters. The smallest absolute Gasteiger partial charge is 0.248 e. The summed E-state index contributed by atoms with van der Waals surface area (Å²) in [5, 5.41) is 3.72. The summed E-state index contributed by atoms with van der Waals surface area (Å²) < 4.78 is 22.1. The number of amides is 2. The monoisotopic (exact) mass is 553 g/mol. The number of fused-ring (bicyclic) bond motifs is 4. The van der Waals surface area contributed by atoms with Crippen molar-refractivity contribution in [1.29, 1.82) is 0 Å². The zero-order chi connectivity index (χ0) is 25.1. The molecule has 0 radical (unpaired) electrons. The van der Waals surface area contributed by atoms with Crippen LogP contribution in [-0.2, 0) is 16.1 Å². The number of nitrogens with two attached hydrogens (primary N) is 1. The van der Waals surface area contributed by atoms with Crippen LogP contribution >= 0.6 is 15.9 Å². The Bertz CT molecular complexity index is 1560. The Labute approximate surface area is 212 Å². The van der Waals surface area contributed by atoms with Crippen LogP contribution < -0.4 is 15.8 Å². The number of piperidine rings is 1. The number of ether oxygens (including phenoxy) is 1. The number of nitrogen functional groups attached to an aromatic ring is 1. The molecular weight excluding hydrogens is 533 g/mol. The van der Waals surface area contributed by atoms with Gasteiger partial charge in [-0.2, -0.15) is 0 Å². The van der Waals surface area contributed by atoms with E-state index in [4.69, 9.17) is 10.5 Å². The molecule has 4 heterocycles. The highest BCUT2D eigenvalue weighted by atomic mass is 79.9. The van der Waals surface area contributed by atoms with Crippen molar-refractivity contribution < 1.29 is 18.7 Å². The Morgan fingerprint density at radius 3 is 2.89 bits per heavy atom. The van der Waals surface area contributed by atoms with Gasteiger partial charge in [-0.3, -0.25) is 9.59 Å². The molecule has 184 valence electrons. The number of carbonyl (C=O) groups is 2.